The maximum atomic E-state index is 11.6. The second kappa shape index (κ2) is 7.37. The van der Waals surface area contributed by atoms with E-state index in [1.54, 1.807) is 12.3 Å². The SMILES string of the molecule is O=C(Nc1ccc([N+](=O)[O-])cc1Cl)OCCc1ccccn1. The Labute approximate surface area is 131 Å². The van der Waals surface area contributed by atoms with Crippen LogP contribution in [0.3, 0.4) is 0 Å². The highest BCUT2D eigenvalue weighted by atomic mass is 35.5. The molecular formula is C14H12ClN3O4. The van der Waals surface area contributed by atoms with Crippen LogP contribution in [0, 0.1) is 10.1 Å². The van der Waals surface area contributed by atoms with Gasteiger partial charge in [0.2, 0.25) is 0 Å². The summed E-state index contributed by atoms with van der Waals surface area (Å²) in [6.45, 7) is 0.160. The number of aromatic nitrogens is 1. The van der Waals surface area contributed by atoms with E-state index in [1.807, 2.05) is 12.1 Å². The smallest absolute Gasteiger partial charge is 0.411 e. The number of rotatable bonds is 5. The molecule has 2 aromatic rings. The Bertz CT molecular complexity index is 679. The zero-order valence-electron chi connectivity index (χ0n) is 11.4. The van der Waals surface area contributed by atoms with Gasteiger partial charge in [-0.3, -0.25) is 20.4 Å². The highest BCUT2D eigenvalue weighted by Crippen LogP contribution is 2.26. The van der Waals surface area contributed by atoms with Crippen molar-refractivity contribution in [1.82, 2.24) is 4.98 Å². The molecule has 0 atom stereocenters. The van der Waals surface area contributed by atoms with Crippen LogP contribution in [0.5, 0.6) is 0 Å². The first kappa shape index (κ1) is 15.7. The van der Waals surface area contributed by atoms with Crippen molar-refractivity contribution in [2.75, 3.05) is 11.9 Å². The number of carbonyl (C=O) groups excluding carboxylic acids is 1. The van der Waals surface area contributed by atoms with E-state index in [9.17, 15) is 14.9 Å². The number of nitro groups is 1. The molecule has 0 spiro atoms. The standard InChI is InChI=1S/C14H12ClN3O4/c15-12-9-11(18(20)21)4-5-13(12)17-14(19)22-8-6-10-3-1-2-7-16-10/h1-5,7,9H,6,8H2,(H,17,19). The predicted octanol–water partition coefficient (Wildman–Crippen LogP) is 3.43. The van der Waals surface area contributed by atoms with E-state index in [-0.39, 0.29) is 23.0 Å². The number of pyridine rings is 1. The molecule has 0 fully saturated rings. The number of anilines is 1. The van der Waals surface area contributed by atoms with E-state index >= 15 is 0 Å². The highest BCUT2D eigenvalue weighted by Gasteiger charge is 2.12. The van der Waals surface area contributed by atoms with Gasteiger partial charge in [0.1, 0.15) is 0 Å². The van der Waals surface area contributed by atoms with Crippen LogP contribution in [-0.4, -0.2) is 22.6 Å². The van der Waals surface area contributed by atoms with Gasteiger partial charge in [-0.15, -0.1) is 0 Å². The third-order valence-electron chi connectivity index (χ3n) is 2.72. The maximum absolute atomic E-state index is 11.6. The number of carbonyl (C=O) groups is 1. The lowest BCUT2D eigenvalue weighted by Gasteiger charge is -2.08. The van der Waals surface area contributed by atoms with Crippen molar-refractivity contribution in [3.05, 3.63) is 63.4 Å². The molecule has 1 amide bonds. The molecule has 0 radical (unpaired) electrons. The first-order valence-corrected chi connectivity index (χ1v) is 6.71. The van der Waals surface area contributed by atoms with Crippen LogP contribution in [0.15, 0.2) is 42.6 Å². The van der Waals surface area contributed by atoms with E-state index in [4.69, 9.17) is 16.3 Å². The average molecular weight is 322 g/mol. The fourth-order valence-corrected chi connectivity index (χ4v) is 1.88. The van der Waals surface area contributed by atoms with E-state index in [0.29, 0.717) is 6.42 Å². The Morgan fingerprint density at radius 2 is 2.18 bits per heavy atom. The third kappa shape index (κ3) is 4.42. The summed E-state index contributed by atoms with van der Waals surface area (Å²) in [5.74, 6) is 0. The van der Waals surface area contributed by atoms with Crippen LogP contribution < -0.4 is 5.32 Å². The average Bonchev–Trinajstić information content (AvgIpc) is 2.50. The van der Waals surface area contributed by atoms with Gasteiger partial charge < -0.3 is 4.74 Å². The van der Waals surface area contributed by atoms with Crippen molar-refractivity contribution < 1.29 is 14.5 Å². The summed E-state index contributed by atoms with van der Waals surface area (Å²) in [4.78, 5) is 25.8. The van der Waals surface area contributed by atoms with Crippen LogP contribution in [0.1, 0.15) is 5.69 Å². The minimum atomic E-state index is -0.688. The molecule has 7 nitrogen and oxygen atoms in total. The van der Waals surface area contributed by atoms with Gasteiger partial charge in [-0.05, 0) is 18.2 Å². The molecule has 1 N–H and O–H groups in total. The molecule has 1 aromatic carbocycles. The summed E-state index contributed by atoms with van der Waals surface area (Å²) < 4.78 is 5.00. The number of hydrogen-bond acceptors (Lipinski definition) is 5. The normalized spacial score (nSPS) is 10.0. The topological polar surface area (TPSA) is 94.4 Å². The van der Waals surface area contributed by atoms with Crippen LogP contribution >= 0.6 is 11.6 Å². The number of nitrogens with one attached hydrogen (secondary N) is 1. The Kier molecular flexibility index (Phi) is 5.26. The monoisotopic (exact) mass is 321 g/mol. The second-order valence-corrected chi connectivity index (χ2v) is 4.66. The van der Waals surface area contributed by atoms with E-state index in [0.717, 1.165) is 11.8 Å². The quantitative estimate of drug-likeness (QED) is 0.672. The molecule has 22 heavy (non-hydrogen) atoms. The Hall–Kier alpha value is -2.67. The van der Waals surface area contributed by atoms with Gasteiger partial charge in [0.05, 0.1) is 22.2 Å². The van der Waals surface area contributed by atoms with Crippen molar-refractivity contribution in [2.24, 2.45) is 0 Å². The molecule has 2 rings (SSSR count). The van der Waals surface area contributed by atoms with Crippen molar-refractivity contribution in [1.29, 1.82) is 0 Å². The number of hydrogen-bond donors (Lipinski definition) is 1. The fraction of sp³-hybridized carbons (Fsp3) is 0.143. The number of benzene rings is 1. The molecule has 1 aromatic heterocycles. The number of nitrogens with zero attached hydrogens (tertiary/aromatic N) is 2. The number of nitro benzene ring substituents is 1. The van der Waals surface area contributed by atoms with Crippen LogP contribution in [0.2, 0.25) is 5.02 Å². The molecule has 114 valence electrons. The van der Waals surface area contributed by atoms with Gasteiger partial charge >= 0.3 is 6.09 Å². The van der Waals surface area contributed by atoms with E-state index < -0.39 is 11.0 Å². The molecule has 0 unspecified atom stereocenters. The first-order valence-electron chi connectivity index (χ1n) is 6.34. The van der Waals surface area contributed by atoms with Gasteiger partial charge in [-0.2, -0.15) is 0 Å². The molecule has 0 saturated heterocycles. The Morgan fingerprint density at radius 1 is 1.36 bits per heavy atom. The van der Waals surface area contributed by atoms with Crippen molar-refractivity contribution in [3.63, 3.8) is 0 Å². The number of halogens is 1. The number of amides is 1. The molecular weight excluding hydrogens is 310 g/mol. The summed E-state index contributed by atoms with van der Waals surface area (Å²) in [7, 11) is 0. The zero-order chi connectivity index (χ0) is 15.9. The Morgan fingerprint density at radius 3 is 2.82 bits per heavy atom. The van der Waals surface area contributed by atoms with Crippen LogP contribution in [0.25, 0.3) is 0 Å². The van der Waals surface area contributed by atoms with Crippen molar-refractivity contribution in [3.8, 4) is 0 Å². The lowest BCUT2D eigenvalue weighted by atomic mass is 10.3. The summed E-state index contributed by atoms with van der Waals surface area (Å²) in [5, 5.41) is 13.1. The van der Waals surface area contributed by atoms with Crippen LogP contribution in [0.4, 0.5) is 16.2 Å². The lowest BCUT2D eigenvalue weighted by molar-refractivity contribution is -0.384. The minimum absolute atomic E-state index is 0.0656. The highest BCUT2D eigenvalue weighted by molar-refractivity contribution is 6.33. The molecule has 1 heterocycles. The Balaban J connectivity index is 1.85. The maximum Gasteiger partial charge on any atom is 0.411 e. The third-order valence-corrected chi connectivity index (χ3v) is 3.03. The van der Waals surface area contributed by atoms with Crippen molar-refractivity contribution >= 4 is 29.1 Å². The molecule has 0 aliphatic heterocycles. The van der Waals surface area contributed by atoms with Gasteiger partial charge in [-0.1, -0.05) is 17.7 Å². The molecule has 0 bridgehead atoms. The molecule has 0 aliphatic carbocycles. The fourth-order valence-electron chi connectivity index (χ4n) is 1.66. The zero-order valence-corrected chi connectivity index (χ0v) is 12.1. The van der Waals surface area contributed by atoms with Gasteiger partial charge in [0.25, 0.3) is 5.69 Å². The molecule has 0 saturated carbocycles. The predicted molar refractivity (Wildman–Crippen MR) is 81.0 cm³/mol. The summed E-state index contributed by atoms with van der Waals surface area (Å²) in [6.07, 6.45) is 1.46. The molecule has 0 aliphatic rings. The van der Waals surface area contributed by atoms with E-state index in [1.165, 1.54) is 12.1 Å². The van der Waals surface area contributed by atoms with Gasteiger partial charge in [0.15, 0.2) is 0 Å². The first-order chi connectivity index (χ1) is 10.6. The number of non-ortho nitro benzene ring substituents is 1. The van der Waals surface area contributed by atoms with Gasteiger partial charge in [-0.25, -0.2) is 4.79 Å². The van der Waals surface area contributed by atoms with Crippen molar-refractivity contribution in [2.45, 2.75) is 6.42 Å². The number of ether oxygens (including phenoxy) is 1. The molecule has 8 heteroatoms. The minimum Gasteiger partial charge on any atom is -0.449 e. The summed E-state index contributed by atoms with van der Waals surface area (Å²) in [5.41, 5.74) is 0.901. The van der Waals surface area contributed by atoms with E-state index in [2.05, 4.69) is 10.3 Å². The largest absolute Gasteiger partial charge is 0.449 e. The lowest BCUT2D eigenvalue weighted by Crippen LogP contribution is -2.15. The summed E-state index contributed by atoms with van der Waals surface area (Å²) in [6, 6.07) is 9.22. The second-order valence-electron chi connectivity index (χ2n) is 4.25. The summed E-state index contributed by atoms with van der Waals surface area (Å²) >= 11 is 5.86. The van der Waals surface area contributed by atoms with Gasteiger partial charge in [0, 0.05) is 30.4 Å². The van der Waals surface area contributed by atoms with Crippen LogP contribution in [-0.2, 0) is 11.2 Å².